The zero-order chi connectivity index (χ0) is 15.0. The number of anilines is 1. The standard InChI is InChI=1S/C11H15N5O3S2/c12-14-10-11(16-4-2-1-3-9(16)13-10)21(18,19)15-5-7-20(17)8-6-15/h1-4,14H,5-8,12H2. The molecule has 0 bridgehead atoms. The molecule has 2 aromatic rings. The first-order chi connectivity index (χ1) is 10.0. The van der Waals surface area contributed by atoms with Crippen LogP contribution in [0, 0.1) is 0 Å². The van der Waals surface area contributed by atoms with Gasteiger partial charge in [-0.15, -0.1) is 0 Å². The molecule has 3 heterocycles. The van der Waals surface area contributed by atoms with E-state index in [1.165, 1.54) is 8.71 Å². The first-order valence-corrected chi connectivity index (χ1v) is 9.25. The van der Waals surface area contributed by atoms with Gasteiger partial charge in [0.2, 0.25) is 5.03 Å². The van der Waals surface area contributed by atoms with Crippen LogP contribution in [0.2, 0.25) is 0 Å². The molecule has 114 valence electrons. The molecule has 1 aliphatic rings. The van der Waals surface area contributed by atoms with Gasteiger partial charge in [0.25, 0.3) is 10.0 Å². The van der Waals surface area contributed by atoms with E-state index in [4.69, 9.17) is 5.84 Å². The highest BCUT2D eigenvalue weighted by molar-refractivity contribution is 7.89. The van der Waals surface area contributed by atoms with E-state index in [0.717, 1.165) is 0 Å². The highest BCUT2D eigenvalue weighted by atomic mass is 32.2. The molecule has 3 rings (SSSR count). The predicted octanol–water partition coefficient (Wildman–Crippen LogP) is -0.627. The molecule has 21 heavy (non-hydrogen) atoms. The number of nitrogens with zero attached hydrogens (tertiary/aromatic N) is 3. The minimum Gasteiger partial charge on any atom is -0.306 e. The number of aromatic nitrogens is 2. The third-order valence-corrected chi connectivity index (χ3v) is 6.54. The third kappa shape index (κ3) is 2.44. The molecule has 1 aliphatic heterocycles. The average molecular weight is 329 g/mol. The zero-order valence-electron chi connectivity index (χ0n) is 11.1. The van der Waals surface area contributed by atoms with E-state index in [-0.39, 0.29) is 23.9 Å². The van der Waals surface area contributed by atoms with E-state index < -0.39 is 20.8 Å². The number of imidazole rings is 1. The lowest BCUT2D eigenvalue weighted by molar-refractivity contribution is 0.436. The molecule has 0 amide bonds. The summed E-state index contributed by atoms with van der Waals surface area (Å²) in [6, 6.07) is 5.19. The van der Waals surface area contributed by atoms with Crippen LogP contribution in [0.1, 0.15) is 0 Å². The summed E-state index contributed by atoms with van der Waals surface area (Å²) in [4.78, 5) is 4.17. The molecule has 10 heteroatoms. The summed E-state index contributed by atoms with van der Waals surface area (Å²) in [5.74, 6) is 6.21. The van der Waals surface area contributed by atoms with Gasteiger partial charge in [0, 0.05) is 41.6 Å². The number of fused-ring (bicyclic) bond motifs is 1. The van der Waals surface area contributed by atoms with Crippen LogP contribution in [0.15, 0.2) is 29.4 Å². The van der Waals surface area contributed by atoms with E-state index in [2.05, 4.69) is 10.4 Å². The van der Waals surface area contributed by atoms with Crippen LogP contribution < -0.4 is 11.3 Å². The normalized spacial score (nSPS) is 18.1. The van der Waals surface area contributed by atoms with Crippen LogP contribution >= 0.6 is 0 Å². The van der Waals surface area contributed by atoms with E-state index in [0.29, 0.717) is 17.2 Å². The molecule has 1 fully saturated rings. The maximum Gasteiger partial charge on any atom is 0.262 e. The van der Waals surface area contributed by atoms with Crippen molar-refractivity contribution in [1.29, 1.82) is 0 Å². The van der Waals surface area contributed by atoms with Gasteiger partial charge < -0.3 is 5.43 Å². The van der Waals surface area contributed by atoms with Gasteiger partial charge in [-0.3, -0.25) is 8.61 Å². The number of nitrogens with one attached hydrogen (secondary N) is 1. The first-order valence-electron chi connectivity index (χ1n) is 6.33. The minimum atomic E-state index is -3.75. The number of pyridine rings is 1. The van der Waals surface area contributed by atoms with Crippen LogP contribution in [0.5, 0.6) is 0 Å². The molecule has 0 atom stereocenters. The van der Waals surface area contributed by atoms with Crippen LogP contribution in [0.4, 0.5) is 5.82 Å². The maximum absolute atomic E-state index is 12.8. The third-order valence-electron chi connectivity index (χ3n) is 3.34. The van der Waals surface area contributed by atoms with Crippen molar-refractivity contribution in [1.82, 2.24) is 13.7 Å². The van der Waals surface area contributed by atoms with Gasteiger partial charge in [-0.25, -0.2) is 19.2 Å². The van der Waals surface area contributed by atoms with Crippen molar-refractivity contribution < 1.29 is 12.6 Å². The molecule has 0 radical (unpaired) electrons. The highest BCUT2D eigenvalue weighted by Gasteiger charge is 2.33. The number of rotatable bonds is 3. The topological polar surface area (TPSA) is 110 Å². The summed E-state index contributed by atoms with van der Waals surface area (Å²) in [6.07, 6.45) is 1.62. The molecule has 0 aromatic carbocycles. The number of nitrogen functional groups attached to an aromatic ring is 1. The van der Waals surface area contributed by atoms with E-state index in [1.54, 1.807) is 24.4 Å². The first kappa shape index (κ1) is 14.4. The maximum atomic E-state index is 12.8. The molecule has 2 aromatic heterocycles. The summed E-state index contributed by atoms with van der Waals surface area (Å²) in [6.45, 7) is 0.470. The molecule has 0 saturated carbocycles. The molecule has 3 N–H and O–H groups in total. The molecule has 0 aliphatic carbocycles. The lowest BCUT2D eigenvalue weighted by atomic mass is 10.5. The Morgan fingerprint density at radius 2 is 2.00 bits per heavy atom. The van der Waals surface area contributed by atoms with Crippen molar-refractivity contribution in [2.75, 3.05) is 30.0 Å². The van der Waals surface area contributed by atoms with Crippen molar-refractivity contribution in [3.63, 3.8) is 0 Å². The van der Waals surface area contributed by atoms with Crippen LogP contribution in [0.25, 0.3) is 5.65 Å². The fourth-order valence-corrected chi connectivity index (χ4v) is 5.24. The van der Waals surface area contributed by atoms with Gasteiger partial charge in [-0.1, -0.05) is 6.07 Å². The van der Waals surface area contributed by atoms with Crippen LogP contribution in [0.3, 0.4) is 0 Å². The fourth-order valence-electron chi connectivity index (χ4n) is 2.30. The molecular weight excluding hydrogens is 314 g/mol. The summed E-state index contributed by atoms with van der Waals surface area (Å²) in [5.41, 5.74) is 2.83. The molecule has 1 saturated heterocycles. The summed E-state index contributed by atoms with van der Waals surface area (Å²) >= 11 is 0. The van der Waals surface area contributed by atoms with Gasteiger partial charge >= 0.3 is 0 Å². The second-order valence-corrected chi connectivity index (χ2v) is 8.14. The average Bonchev–Trinajstić information content (AvgIpc) is 2.87. The van der Waals surface area contributed by atoms with Gasteiger partial charge in [0.15, 0.2) is 5.82 Å². The number of sulfonamides is 1. The van der Waals surface area contributed by atoms with Crippen molar-refractivity contribution in [2.45, 2.75) is 5.03 Å². The van der Waals surface area contributed by atoms with E-state index >= 15 is 0 Å². The summed E-state index contributed by atoms with van der Waals surface area (Å²) in [5, 5.41) is 0.00767. The molecule has 0 spiro atoms. The van der Waals surface area contributed by atoms with E-state index in [9.17, 15) is 12.6 Å². The van der Waals surface area contributed by atoms with Crippen LogP contribution in [-0.4, -0.2) is 50.9 Å². The minimum absolute atomic E-state index is 0.00767. The van der Waals surface area contributed by atoms with Crippen molar-refractivity contribution in [3.8, 4) is 0 Å². The van der Waals surface area contributed by atoms with Crippen LogP contribution in [-0.2, 0) is 20.8 Å². The zero-order valence-corrected chi connectivity index (χ0v) is 12.7. The highest BCUT2D eigenvalue weighted by Crippen LogP contribution is 2.26. The second-order valence-electron chi connectivity index (χ2n) is 4.59. The molecule has 8 nitrogen and oxygen atoms in total. The van der Waals surface area contributed by atoms with Gasteiger partial charge in [0.1, 0.15) is 5.65 Å². The Balaban J connectivity index is 2.12. The number of nitrogens with two attached hydrogens (primary N) is 1. The summed E-state index contributed by atoms with van der Waals surface area (Å²) < 4.78 is 39.8. The number of hydrogen-bond donors (Lipinski definition) is 2. The SMILES string of the molecule is NNc1nc2ccccn2c1S(=O)(=O)N1CCS(=O)CC1. The monoisotopic (exact) mass is 329 g/mol. The van der Waals surface area contributed by atoms with E-state index in [1.807, 2.05) is 0 Å². The fraction of sp³-hybridized carbons (Fsp3) is 0.364. The van der Waals surface area contributed by atoms with Crippen molar-refractivity contribution in [3.05, 3.63) is 24.4 Å². The second kappa shape index (κ2) is 5.37. The Morgan fingerprint density at radius 3 is 2.67 bits per heavy atom. The Morgan fingerprint density at radius 1 is 1.29 bits per heavy atom. The lowest BCUT2D eigenvalue weighted by Crippen LogP contribution is -2.42. The smallest absolute Gasteiger partial charge is 0.262 e. The quantitative estimate of drug-likeness (QED) is 0.573. The molecular formula is C11H15N5O3S2. The Hall–Kier alpha value is -1.49. The lowest BCUT2D eigenvalue weighted by Gasteiger charge is -2.25. The van der Waals surface area contributed by atoms with Gasteiger partial charge in [-0.2, -0.15) is 4.31 Å². The van der Waals surface area contributed by atoms with Crippen molar-refractivity contribution in [2.24, 2.45) is 5.84 Å². The number of hydrazine groups is 1. The Kier molecular flexibility index (Phi) is 3.69. The number of hydrogen-bond acceptors (Lipinski definition) is 6. The largest absolute Gasteiger partial charge is 0.306 e. The van der Waals surface area contributed by atoms with Gasteiger partial charge in [-0.05, 0) is 12.1 Å². The Labute approximate surface area is 124 Å². The van der Waals surface area contributed by atoms with Crippen molar-refractivity contribution >= 4 is 32.3 Å². The Bertz CT molecular complexity index is 791. The van der Waals surface area contributed by atoms with Gasteiger partial charge in [0.05, 0.1) is 0 Å². The molecule has 0 unspecified atom stereocenters. The predicted molar refractivity (Wildman–Crippen MR) is 79.6 cm³/mol. The summed E-state index contributed by atoms with van der Waals surface area (Å²) in [7, 11) is -4.70.